The molecular formula is C27H28FNO6. The van der Waals surface area contributed by atoms with Gasteiger partial charge in [0.15, 0.2) is 23.0 Å². The van der Waals surface area contributed by atoms with Gasteiger partial charge in [0.25, 0.3) is 0 Å². The van der Waals surface area contributed by atoms with Gasteiger partial charge < -0.3 is 19.3 Å². The van der Waals surface area contributed by atoms with E-state index in [0.717, 1.165) is 5.56 Å². The summed E-state index contributed by atoms with van der Waals surface area (Å²) >= 11 is 0. The number of ether oxygens (including phenoxy) is 3. The van der Waals surface area contributed by atoms with E-state index in [4.69, 9.17) is 14.2 Å². The van der Waals surface area contributed by atoms with E-state index in [9.17, 15) is 19.1 Å². The third kappa shape index (κ3) is 5.95. The largest absolute Gasteiger partial charge is 0.503 e. The van der Waals surface area contributed by atoms with E-state index < -0.39 is 35.5 Å². The maximum absolute atomic E-state index is 13.8. The third-order valence-electron chi connectivity index (χ3n) is 5.73. The fourth-order valence-electron chi connectivity index (χ4n) is 3.94. The van der Waals surface area contributed by atoms with E-state index in [2.05, 4.69) is 4.98 Å². The van der Waals surface area contributed by atoms with Gasteiger partial charge in [-0.3, -0.25) is 9.59 Å². The highest BCUT2D eigenvalue weighted by molar-refractivity contribution is 5.99. The maximum Gasteiger partial charge on any atom is 0.309 e. The van der Waals surface area contributed by atoms with Gasteiger partial charge in [0.05, 0.1) is 20.1 Å². The lowest BCUT2D eigenvalue weighted by atomic mass is 9.86. The zero-order valence-electron chi connectivity index (χ0n) is 20.0. The molecule has 0 saturated heterocycles. The van der Waals surface area contributed by atoms with Crippen molar-refractivity contribution < 1.29 is 33.3 Å². The first kappa shape index (κ1) is 25.7. The predicted molar refractivity (Wildman–Crippen MR) is 127 cm³/mol. The van der Waals surface area contributed by atoms with Crippen molar-refractivity contribution in [1.82, 2.24) is 4.98 Å². The third-order valence-corrected chi connectivity index (χ3v) is 5.73. The molecule has 2 aromatic carbocycles. The summed E-state index contributed by atoms with van der Waals surface area (Å²) in [5, 5.41) is 10.2. The number of benzene rings is 2. The average molecular weight is 482 g/mol. The van der Waals surface area contributed by atoms with Crippen molar-refractivity contribution >= 4 is 11.8 Å². The molecule has 35 heavy (non-hydrogen) atoms. The molecule has 0 saturated carbocycles. The number of aromatic hydroxyl groups is 1. The molecule has 0 amide bonds. The molecule has 0 fully saturated rings. The van der Waals surface area contributed by atoms with Gasteiger partial charge in [-0.05, 0) is 18.6 Å². The summed E-state index contributed by atoms with van der Waals surface area (Å²) in [5.41, 5.74) is 1.34. The van der Waals surface area contributed by atoms with E-state index in [-0.39, 0.29) is 23.6 Å². The molecule has 184 valence electrons. The molecule has 1 heterocycles. The monoisotopic (exact) mass is 481 g/mol. The molecule has 0 aliphatic rings. The number of carbonyl (C=O) groups excluding carboxylic acids is 2. The van der Waals surface area contributed by atoms with Gasteiger partial charge in [-0.1, -0.05) is 43.3 Å². The van der Waals surface area contributed by atoms with E-state index in [1.54, 1.807) is 19.9 Å². The minimum absolute atomic E-state index is 0.117. The Bertz CT molecular complexity index is 1180. The summed E-state index contributed by atoms with van der Waals surface area (Å²) in [6, 6.07) is 15.0. The minimum atomic E-state index is -0.802. The van der Waals surface area contributed by atoms with E-state index in [1.165, 1.54) is 38.6 Å². The van der Waals surface area contributed by atoms with Crippen LogP contribution in [-0.4, -0.2) is 42.2 Å². The van der Waals surface area contributed by atoms with Crippen molar-refractivity contribution in [3.63, 3.8) is 0 Å². The Hall–Kier alpha value is -3.94. The van der Waals surface area contributed by atoms with E-state index >= 15 is 0 Å². The molecule has 0 aliphatic carbocycles. The molecule has 0 bridgehead atoms. The summed E-state index contributed by atoms with van der Waals surface area (Å²) in [7, 11) is 2.82. The first-order valence-electron chi connectivity index (χ1n) is 11.1. The lowest BCUT2D eigenvalue weighted by Crippen LogP contribution is -2.28. The van der Waals surface area contributed by atoms with Crippen LogP contribution in [0, 0.1) is 11.7 Å². The van der Waals surface area contributed by atoms with Crippen molar-refractivity contribution in [2.24, 2.45) is 5.92 Å². The fraction of sp³-hybridized carbons (Fsp3) is 0.296. The maximum atomic E-state index is 13.8. The van der Waals surface area contributed by atoms with Crippen LogP contribution < -0.4 is 9.47 Å². The second-order valence-electron chi connectivity index (χ2n) is 8.16. The first-order chi connectivity index (χ1) is 16.8. The quantitative estimate of drug-likeness (QED) is 0.325. The van der Waals surface area contributed by atoms with E-state index in [0.29, 0.717) is 11.3 Å². The van der Waals surface area contributed by atoms with Crippen LogP contribution in [0.1, 0.15) is 47.8 Å². The fourth-order valence-corrected chi connectivity index (χ4v) is 3.94. The molecule has 0 unspecified atom stereocenters. The number of hydrogen-bond acceptors (Lipinski definition) is 7. The summed E-state index contributed by atoms with van der Waals surface area (Å²) in [6.07, 6.45) is 0.470. The Labute approximate surface area is 203 Å². The Morgan fingerprint density at radius 2 is 1.69 bits per heavy atom. The predicted octanol–water partition coefficient (Wildman–Crippen LogP) is 4.92. The molecule has 0 spiro atoms. The van der Waals surface area contributed by atoms with Gasteiger partial charge in [-0.25, -0.2) is 9.37 Å². The molecule has 0 radical (unpaired) electrons. The summed E-state index contributed by atoms with van der Waals surface area (Å²) in [5.74, 6) is -2.71. The van der Waals surface area contributed by atoms with Gasteiger partial charge in [0.1, 0.15) is 17.7 Å². The number of hydrogen-bond donors (Lipinski definition) is 1. The number of halogens is 1. The number of carbonyl (C=O) groups is 2. The van der Waals surface area contributed by atoms with Crippen LogP contribution in [-0.2, 0) is 9.53 Å². The van der Waals surface area contributed by atoms with Crippen LogP contribution in [0.15, 0.2) is 60.8 Å². The normalized spacial score (nSPS) is 13.4. The van der Waals surface area contributed by atoms with Crippen LogP contribution in [0.3, 0.4) is 0 Å². The van der Waals surface area contributed by atoms with Crippen LogP contribution in [0.5, 0.6) is 17.2 Å². The smallest absolute Gasteiger partial charge is 0.309 e. The SMILES string of the molecule is COc1cc(F)ccc1[C@@H](c1ccccc1)[C@H](C)OC(=O)[C@H](C)CC(=O)c1nccc(OC)c1O. The molecule has 7 nitrogen and oxygen atoms in total. The van der Waals surface area contributed by atoms with Gasteiger partial charge in [-0.15, -0.1) is 0 Å². The number of aromatic nitrogens is 1. The first-order valence-corrected chi connectivity index (χ1v) is 11.1. The molecule has 1 N–H and O–H groups in total. The molecular weight excluding hydrogens is 453 g/mol. The van der Waals surface area contributed by atoms with Gasteiger partial charge in [0.2, 0.25) is 0 Å². The Balaban J connectivity index is 1.80. The van der Waals surface area contributed by atoms with Gasteiger partial charge >= 0.3 is 5.97 Å². The number of Topliss-reactive ketones (excluding diaryl/α,β-unsaturated/α-hetero) is 1. The van der Waals surface area contributed by atoms with Crippen LogP contribution in [0.4, 0.5) is 4.39 Å². The van der Waals surface area contributed by atoms with Crippen molar-refractivity contribution in [3.8, 4) is 17.2 Å². The number of methoxy groups -OCH3 is 2. The lowest BCUT2D eigenvalue weighted by molar-refractivity contribution is -0.153. The summed E-state index contributed by atoms with van der Waals surface area (Å²) in [4.78, 5) is 29.5. The Morgan fingerprint density at radius 1 is 1.00 bits per heavy atom. The highest BCUT2D eigenvalue weighted by Gasteiger charge is 2.30. The highest BCUT2D eigenvalue weighted by Crippen LogP contribution is 2.36. The summed E-state index contributed by atoms with van der Waals surface area (Å²) in [6.45, 7) is 3.31. The minimum Gasteiger partial charge on any atom is -0.503 e. The van der Waals surface area contributed by atoms with Crippen molar-refractivity contribution in [1.29, 1.82) is 0 Å². The standard InChI is InChI=1S/C27H28FNO6/c1-16(14-21(30)25-26(31)22(33-3)12-13-29-25)27(32)35-17(2)24(18-8-6-5-7-9-18)20-11-10-19(28)15-23(20)34-4/h5-13,15-17,24,31H,14H2,1-4H3/t16-,17+,24-/m1/s1. The number of ketones is 1. The zero-order valence-corrected chi connectivity index (χ0v) is 20.0. The Morgan fingerprint density at radius 3 is 2.34 bits per heavy atom. The second-order valence-corrected chi connectivity index (χ2v) is 8.16. The zero-order chi connectivity index (χ0) is 25.5. The van der Waals surface area contributed by atoms with Crippen molar-refractivity contribution in [2.45, 2.75) is 32.3 Å². The lowest BCUT2D eigenvalue weighted by Gasteiger charge is -2.27. The number of nitrogens with zero attached hydrogens (tertiary/aromatic N) is 1. The molecule has 3 atom stereocenters. The molecule has 8 heteroatoms. The van der Waals surface area contributed by atoms with E-state index in [1.807, 2.05) is 30.3 Å². The number of esters is 1. The van der Waals surface area contributed by atoms with Gasteiger partial charge in [-0.2, -0.15) is 0 Å². The highest BCUT2D eigenvalue weighted by atomic mass is 19.1. The molecule has 0 aliphatic heterocycles. The average Bonchev–Trinajstić information content (AvgIpc) is 2.85. The molecule has 1 aromatic heterocycles. The van der Waals surface area contributed by atoms with Gasteiger partial charge in [0, 0.05) is 36.2 Å². The van der Waals surface area contributed by atoms with Crippen LogP contribution >= 0.6 is 0 Å². The number of pyridine rings is 1. The number of rotatable bonds is 10. The Kier molecular flexibility index (Phi) is 8.41. The van der Waals surface area contributed by atoms with Crippen molar-refractivity contribution in [2.75, 3.05) is 14.2 Å². The molecule has 3 aromatic rings. The summed E-state index contributed by atoms with van der Waals surface area (Å²) < 4.78 is 30.0. The molecule has 3 rings (SSSR count). The van der Waals surface area contributed by atoms with Crippen LogP contribution in [0.2, 0.25) is 0 Å². The van der Waals surface area contributed by atoms with Crippen molar-refractivity contribution in [3.05, 3.63) is 83.4 Å². The topological polar surface area (TPSA) is 95.0 Å². The second kappa shape index (κ2) is 11.5. The van der Waals surface area contributed by atoms with Crippen LogP contribution in [0.25, 0.3) is 0 Å².